The van der Waals surface area contributed by atoms with E-state index < -0.39 is 11.0 Å². The number of nitro benzene ring substituents is 1. The minimum absolute atomic E-state index is 0.0122. The van der Waals surface area contributed by atoms with Gasteiger partial charge in [0.2, 0.25) is 6.79 Å². The first-order chi connectivity index (χ1) is 16.3. The summed E-state index contributed by atoms with van der Waals surface area (Å²) in [6.45, 7) is 4.69. The second-order valence-corrected chi connectivity index (χ2v) is 8.73. The molecule has 0 fully saturated rings. The zero-order valence-corrected chi connectivity index (χ0v) is 19.4. The molecule has 1 aliphatic heterocycles. The molecule has 0 radical (unpaired) electrons. The fraction of sp³-hybridized carbons (Fsp3) is 0.269. The SMILES string of the molecule is CC(C)c1ccc(NC(=O)C(c2cc3c(cc2[N+](=O)[O-])OCO3)[NH+](C)Cc2ccccc2)cc1. The van der Waals surface area contributed by atoms with E-state index in [4.69, 9.17) is 9.47 Å². The molecule has 0 saturated heterocycles. The average molecular weight is 463 g/mol. The van der Waals surface area contributed by atoms with Gasteiger partial charge in [0, 0.05) is 17.3 Å². The van der Waals surface area contributed by atoms with Gasteiger partial charge in [-0.2, -0.15) is 0 Å². The standard InChI is InChI=1S/C26H27N3O5/c1-17(2)19-9-11-20(12-10-19)27-26(30)25(28(3)15-18-7-5-4-6-8-18)21-13-23-24(34-16-33-23)14-22(21)29(31)32/h4-14,17,25H,15-16H2,1-3H3,(H,27,30)/p+1. The van der Waals surface area contributed by atoms with E-state index in [2.05, 4.69) is 19.2 Å². The molecule has 4 rings (SSSR count). The maximum Gasteiger partial charge on any atom is 0.287 e. The normalized spacial score (nSPS) is 14.0. The third-order valence-electron chi connectivity index (χ3n) is 5.96. The van der Waals surface area contributed by atoms with Gasteiger partial charge in [0.25, 0.3) is 11.6 Å². The summed E-state index contributed by atoms with van der Waals surface area (Å²) >= 11 is 0. The van der Waals surface area contributed by atoms with Crippen molar-refractivity contribution in [3.63, 3.8) is 0 Å². The number of nitro groups is 1. The van der Waals surface area contributed by atoms with Crippen molar-refractivity contribution in [3.8, 4) is 11.5 Å². The van der Waals surface area contributed by atoms with Crippen LogP contribution in [0.1, 0.15) is 42.5 Å². The number of fused-ring (bicyclic) bond motifs is 1. The number of rotatable bonds is 8. The highest BCUT2D eigenvalue weighted by Gasteiger charge is 2.37. The number of anilines is 1. The van der Waals surface area contributed by atoms with Gasteiger partial charge < -0.3 is 19.7 Å². The molecule has 3 aromatic rings. The van der Waals surface area contributed by atoms with Crippen LogP contribution in [-0.4, -0.2) is 24.7 Å². The van der Waals surface area contributed by atoms with E-state index >= 15 is 0 Å². The van der Waals surface area contributed by atoms with Gasteiger partial charge in [-0.1, -0.05) is 56.3 Å². The molecule has 8 nitrogen and oxygen atoms in total. The first-order valence-corrected chi connectivity index (χ1v) is 11.2. The van der Waals surface area contributed by atoms with Gasteiger partial charge in [-0.25, -0.2) is 0 Å². The van der Waals surface area contributed by atoms with Crippen LogP contribution in [0.3, 0.4) is 0 Å². The van der Waals surface area contributed by atoms with Crippen LogP contribution in [0.5, 0.6) is 11.5 Å². The number of amides is 1. The van der Waals surface area contributed by atoms with Crippen molar-refractivity contribution >= 4 is 17.3 Å². The van der Waals surface area contributed by atoms with Crippen LogP contribution < -0.4 is 19.7 Å². The molecule has 1 aliphatic rings. The molecule has 0 bridgehead atoms. The lowest BCUT2D eigenvalue weighted by molar-refractivity contribution is -0.916. The summed E-state index contributed by atoms with van der Waals surface area (Å²) < 4.78 is 10.8. The Hall–Kier alpha value is -3.91. The molecule has 0 aliphatic carbocycles. The minimum Gasteiger partial charge on any atom is -0.454 e. The van der Waals surface area contributed by atoms with Gasteiger partial charge in [-0.05, 0) is 23.6 Å². The van der Waals surface area contributed by atoms with Crippen LogP contribution in [0.15, 0.2) is 66.7 Å². The van der Waals surface area contributed by atoms with Crippen LogP contribution in [-0.2, 0) is 11.3 Å². The molecule has 2 atom stereocenters. The summed E-state index contributed by atoms with van der Waals surface area (Å²) in [5.74, 6) is 0.731. The summed E-state index contributed by atoms with van der Waals surface area (Å²) in [7, 11) is 1.85. The van der Waals surface area contributed by atoms with Crippen molar-refractivity contribution in [1.29, 1.82) is 0 Å². The quantitative estimate of drug-likeness (QED) is 0.392. The number of benzene rings is 3. The predicted octanol–water partition coefficient (Wildman–Crippen LogP) is 3.84. The van der Waals surface area contributed by atoms with Crippen LogP contribution in [0.2, 0.25) is 0 Å². The summed E-state index contributed by atoms with van der Waals surface area (Å²) in [5, 5.41) is 14.9. The van der Waals surface area contributed by atoms with Gasteiger partial charge >= 0.3 is 0 Å². The van der Waals surface area contributed by atoms with E-state index in [0.717, 1.165) is 16.0 Å². The maximum absolute atomic E-state index is 13.6. The van der Waals surface area contributed by atoms with Crippen molar-refractivity contribution in [1.82, 2.24) is 0 Å². The summed E-state index contributed by atoms with van der Waals surface area (Å²) in [6.07, 6.45) is 0. The van der Waals surface area contributed by atoms with E-state index in [9.17, 15) is 14.9 Å². The highest BCUT2D eigenvalue weighted by molar-refractivity contribution is 5.95. The van der Waals surface area contributed by atoms with Crippen LogP contribution >= 0.6 is 0 Å². The molecule has 0 spiro atoms. The van der Waals surface area contributed by atoms with Gasteiger partial charge in [0.1, 0.15) is 12.1 Å². The number of likely N-dealkylation sites (N-methyl/N-ethyl adjacent to an activating group) is 1. The maximum atomic E-state index is 13.6. The van der Waals surface area contributed by atoms with Crippen molar-refractivity contribution < 1.29 is 24.1 Å². The molecule has 1 heterocycles. The number of carbonyl (C=O) groups is 1. The number of quaternary nitrogens is 1. The molecule has 34 heavy (non-hydrogen) atoms. The second-order valence-electron chi connectivity index (χ2n) is 8.73. The van der Waals surface area contributed by atoms with Crippen LogP contribution in [0, 0.1) is 10.1 Å². The van der Waals surface area contributed by atoms with E-state index in [1.807, 2.05) is 61.6 Å². The topological polar surface area (TPSA) is 95.1 Å². The van der Waals surface area contributed by atoms with E-state index in [0.29, 0.717) is 29.6 Å². The van der Waals surface area contributed by atoms with E-state index in [-0.39, 0.29) is 24.0 Å². The van der Waals surface area contributed by atoms with Crippen LogP contribution in [0.25, 0.3) is 0 Å². The number of hydrogen-bond acceptors (Lipinski definition) is 5. The molecule has 0 saturated carbocycles. The lowest BCUT2D eigenvalue weighted by Gasteiger charge is -2.25. The molecule has 2 N–H and O–H groups in total. The summed E-state index contributed by atoms with van der Waals surface area (Å²) in [5.41, 5.74) is 2.91. The molecule has 1 amide bonds. The second kappa shape index (κ2) is 9.93. The molecule has 0 aromatic heterocycles. The number of carbonyl (C=O) groups excluding carboxylic acids is 1. The Morgan fingerprint density at radius 2 is 1.71 bits per heavy atom. The average Bonchev–Trinajstić information content (AvgIpc) is 3.27. The molecule has 3 aromatic carbocycles. The molecule has 176 valence electrons. The van der Waals surface area contributed by atoms with Gasteiger partial charge in [0.05, 0.1) is 18.0 Å². The largest absolute Gasteiger partial charge is 0.454 e. The third kappa shape index (κ3) is 5.02. The molecular weight excluding hydrogens is 434 g/mol. The third-order valence-corrected chi connectivity index (χ3v) is 5.96. The Morgan fingerprint density at radius 1 is 1.06 bits per heavy atom. The molecule has 8 heteroatoms. The zero-order valence-electron chi connectivity index (χ0n) is 19.4. The van der Waals surface area contributed by atoms with Crippen molar-refractivity contribution in [2.45, 2.75) is 32.4 Å². The molecule has 2 unspecified atom stereocenters. The van der Waals surface area contributed by atoms with E-state index in [1.165, 1.54) is 6.07 Å². The minimum atomic E-state index is -0.861. The lowest BCUT2D eigenvalue weighted by atomic mass is 10.00. The smallest absolute Gasteiger partial charge is 0.287 e. The van der Waals surface area contributed by atoms with Crippen LogP contribution in [0.4, 0.5) is 11.4 Å². The van der Waals surface area contributed by atoms with Gasteiger partial charge in [-0.15, -0.1) is 0 Å². The summed E-state index contributed by atoms with van der Waals surface area (Å²) in [6, 6.07) is 19.4. The lowest BCUT2D eigenvalue weighted by Crippen LogP contribution is -3.09. The van der Waals surface area contributed by atoms with E-state index in [1.54, 1.807) is 6.07 Å². The Labute approximate surface area is 198 Å². The van der Waals surface area contributed by atoms with Crippen molar-refractivity contribution in [3.05, 3.63) is 93.5 Å². The summed E-state index contributed by atoms with van der Waals surface area (Å²) in [4.78, 5) is 25.9. The highest BCUT2D eigenvalue weighted by atomic mass is 16.7. The zero-order chi connectivity index (χ0) is 24.2. The first kappa shape index (κ1) is 23.3. The van der Waals surface area contributed by atoms with Crippen molar-refractivity contribution in [2.75, 3.05) is 19.2 Å². The highest BCUT2D eigenvalue weighted by Crippen LogP contribution is 2.40. The Bertz CT molecular complexity index is 1180. The number of hydrogen-bond donors (Lipinski definition) is 2. The molecular formula is C26H28N3O5+. The number of ether oxygens (including phenoxy) is 2. The fourth-order valence-corrected chi connectivity index (χ4v) is 4.15. The first-order valence-electron chi connectivity index (χ1n) is 11.2. The predicted molar refractivity (Wildman–Crippen MR) is 128 cm³/mol. The Morgan fingerprint density at radius 3 is 2.32 bits per heavy atom. The van der Waals surface area contributed by atoms with Gasteiger partial charge in [0.15, 0.2) is 17.5 Å². The fourth-order valence-electron chi connectivity index (χ4n) is 4.15. The number of nitrogens with one attached hydrogen (secondary N) is 2. The van der Waals surface area contributed by atoms with Gasteiger partial charge in [-0.3, -0.25) is 14.9 Å². The monoisotopic (exact) mass is 462 g/mol. The Kier molecular flexibility index (Phi) is 6.79. The Balaban J connectivity index is 1.71. The number of nitrogens with zero attached hydrogens (tertiary/aromatic N) is 1. The van der Waals surface area contributed by atoms with Crippen molar-refractivity contribution in [2.24, 2.45) is 0 Å².